The number of methoxy groups -OCH3 is 1. The summed E-state index contributed by atoms with van der Waals surface area (Å²) in [4.78, 5) is 26.7. The molecule has 0 spiro atoms. The molecule has 3 rings (SSSR count). The SMILES string of the molecule is COC(=O)[C@@H]1CCCCC[C@@H]1NC1CCN(C(=O)c2ccc(Cl)cc2)CC1. The van der Waals surface area contributed by atoms with Crippen molar-refractivity contribution in [2.45, 2.75) is 57.0 Å². The van der Waals surface area contributed by atoms with Crippen LogP contribution in [0, 0.1) is 5.92 Å². The van der Waals surface area contributed by atoms with E-state index in [0.29, 0.717) is 16.6 Å². The molecule has 0 radical (unpaired) electrons. The van der Waals surface area contributed by atoms with Crippen LogP contribution in [0.15, 0.2) is 24.3 Å². The second-order valence-corrected chi connectivity index (χ2v) is 8.05. The molecule has 1 heterocycles. The van der Waals surface area contributed by atoms with Crippen molar-refractivity contribution in [3.05, 3.63) is 34.9 Å². The van der Waals surface area contributed by atoms with Gasteiger partial charge in [-0.2, -0.15) is 0 Å². The van der Waals surface area contributed by atoms with Crippen LogP contribution in [0.1, 0.15) is 55.3 Å². The summed E-state index contributed by atoms with van der Waals surface area (Å²) in [5, 5.41) is 4.35. The third kappa shape index (κ3) is 5.23. The number of hydrogen-bond acceptors (Lipinski definition) is 4. The van der Waals surface area contributed by atoms with Crippen LogP contribution in [0.25, 0.3) is 0 Å². The van der Waals surface area contributed by atoms with Gasteiger partial charge in [-0.05, 0) is 49.9 Å². The Morgan fingerprint density at radius 2 is 1.70 bits per heavy atom. The first kappa shape index (κ1) is 20.2. The Labute approximate surface area is 166 Å². The van der Waals surface area contributed by atoms with E-state index in [4.69, 9.17) is 16.3 Å². The number of halogens is 1. The van der Waals surface area contributed by atoms with E-state index in [9.17, 15) is 9.59 Å². The lowest BCUT2D eigenvalue weighted by molar-refractivity contribution is -0.146. The number of rotatable bonds is 4. The summed E-state index contributed by atoms with van der Waals surface area (Å²) in [7, 11) is 1.48. The fourth-order valence-electron chi connectivity index (χ4n) is 4.27. The number of likely N-dealkylation sites (tertiary alicyclic amines) is 1. The maximum absolute atomic E-state index is 12.6. The van der Waals surface area contributed by atoms with E-state index in [1.165, 1.54) is 13.5 Å². The Balaban J connectivity index is 1.54. The Morgan fingerprint density at radius 3 is 2.37 bits per heavy atom. The maximum atomic E-state index is 12.6. The molecule has 1 aromatic carbocycles. The molecule has 27 heavy (non-hydrogen) atoms. The molecule has 5 nitrogen and oxygen atoms in total. The van der Waals surface area contributed by atoms with Gasteiger partial charge in [-0.3, -0.25) is 9.59 Å². The first-order valence-corrected chi connectivity index (χ1v) is 10.3. The predicted molar refractivity (Wildman–Crippen MR) is 106 cm³/mol. The molecule has 1 aliphatic carbocycles. The number of nitrogens with zero attached hydrogens (tertiary/aromatic N) is 1. The number of carbonyl (C=O) groups excluding carboxylic acids is 2. The summed E-state index contributed by atoms with van der Waals surface area (Å²) in [6, 6.07) is 7.59. The zero-order valence-corrected chi connectivity index (χ0v) is 16.7. The first-order chi connectivity index (χ1) is 13.1. The molecule has 1 saturated heterocycles. The van der Waals surface area contributed by atoms with Crippen molar-refractivity contribution in [3.63, 3.8) is 0 Å². The van der Waals surface area contributed by atoms with Crippen molar-refractivity contribution in [2.24, 2.45) is 5.92 Å². The minimum Gasteiger partial charge on any atom is -0.469 e. The van der Waals surface area contributed by atoms with E-state index in [1.54, 1.807) is 24.3 Å². The number of esters is 1. The third-order valence-electron chi connectivity index (χ3n) is 5.84. The second-order valence-electron chi connectivity index (χ2n) is 7.61. The van der Waals surface area contributed by atoms with Crippen molar-refractivity contribution in [1.29, 1.82) is 0 Å². The number of hydrogen-bond donors (Lipinski definition) is 1. The number of carbonyl (C=O) groups is 2. The largest absolute Gasteiger partial charge is 0.469 e. The lowest BCUT2D eigenvalue weighted by Gasteiger charge is -2.36. The van der Waals surface area contributed by atoms with Gasteiger partial charge in [0, 0.05) is 35.8 Å². The maximum Gasteiger partial charge on any atom is 0.310 e. The van der Waals surface area contributed by atoms with Crippen LogP contribution in [-0.4, -0.2) is 49.1 Å². The lowest BCUT2D eigenvalue weighted by atomic mass is 9.92. The number of nitrogens with one attached hydrogen (secondary N) is 1. The number of ether oxygens (including phenoxy) is 1. The molecule has 1 saturated carbocycles. The van der Waals surface area contributed by atoms with Gasteiger partial charge in [0.1, 0.15) is 0 Å². The van der Waals surface area contributed by atoms with Crippen molar-refractivity contribution in [2.75, 3.05) is 20.2 Å². The van der Waals surface area contributed by atoms with Crippen molar-refractivity contribution in [1.82, 2.24) is 10.2 Å². The predicted octanol–water partition coefficient (Wildman–Crippen LogP) is 3.66. The molecule has 2 atom stereocenters. The molecule has 1 aliphatic heterocycles. The molecule has 0 unspecified atom stereocenters. The third-order valence-corrected chi connectivity index (χ3v) is 6.09. The van der Waals surface area contributed by atoms with E-state index < -0.39 is 0 Å². The van der Waals surface area contributed by atoms with Crippen molar-refractivity contribution < 1.29 is 14.3 Å². The van der Waals surface area contributed by atoms with E-state index in [-0.39, 0.29) is 23.8 Å². The van der Waals surface area contributed by atoms with Crippen LogP contribution >= 0.6 is 11.6 Å². The van der Waals surface area contributed by atoms with Gasteiger partial charge in [-0.15, -0.1) is 0 Å². The molecule has 1 N–H and O–H groups in total. The lowest BCUT2D eigenvalue weighted by Crippen LogP contribution is -2.50. The molecule has 0 aromatic heterocycles. The zero-order valence-electron chi connectivity index (χ0n) is 16.0. The summed E-state index contributed by atoms with van der Waals surface area (Å²) in [6.45, 7) is 1.46. The molecule has 148 valence electrons. The van der Waals surface area contributed by atoms with Gasteiger partial charge >= 0.3 is 5.97 Å². The average molecular weight is 393 g/mol. The molecular formula is C21H29ClN2O3. The molecule has 6 heteroatoms. The number of piperidine rings is 1. The molecule has 1 amide bonds. The fraction of sp³-hybridized carbons (Fsp3) is 0.619. The van der Waals surface area contributed by atoms with Gasteiger partial charge in [0.15, 0.2) is 0 Å². The van der Waals surface area contributed by atoms with Gasteiger partial charge in [-0.25, -0.2) is 0 Å². The highest BCUT2D eigenvalue weighted by Gasteiger charge is 2.33. The van der Waals surface area contributed by atoms with Crippen LogP contribution in [0.5, 0.6) is 0 Å². The van der Waals surface area contributed by atoms with Crippen molar-refractivity contribution >= 4 is 23.5 Å². The summed E-state index contributed by atoms with van der Waals surface area (Å²) < 4.78 is 5.03. The Bertz CT molecular complexity index is 641. The monoisotopic (exact) mass is 392 g/mol. The molecule has 2 aliphatic rings. The highest BCUT2D eigenvalue weighted by Crippen LogP contribution is 2.26. The van der Waals surface area contributed by atoms with Gasteiger partial charge in [0.25, 0.3) is 5.91 Å². The normalized spacial score (nSPS) is 24.3. The smallest absolute Gasteiger partial charge is 0.310 e. The van der Waals surface area contributed by atoms with Crippen LogP contribution in [0.2, 0.25) is 5.02 Å². The minimum atomic E-state index is -0.0928. The quantitative estimate of drug-likeness (QED) is 0.627. The van der Waals surface area contributed by atoms with Gasteiger partial charge in [-0.1, -0.05) is 30.9 Å². The summed E-state index contributed by atoms with van der Waals surface area (Å²) >= 11 is 5.90. The minimum absolute atomic E-state index is 0.0498. The van der Waals surface area contributed by atoms with Crippen LogP contribution < -0.4 is 5.32 Å². The second kappa shape index (κ2) is 9.56. The zero-order chi connectivity index (χ0) is 19.2. The number of amides is 1. The highest BCUT2D eigenvalue weighted by atomic mass is 35.5. The van der Waals surface area contributed by atoms with Gasteiger partial charge < -0.3 is 15.0 Å². The Kier molecular flexibility index (Phi) is 7.13. The van der Waals surface area contributed by atoms with Crippen LogP contribution in [0.4, 0.5) is 0 Å². The molecule has 1 aromatic rings. The first-order valence-electron chi connectivity index (χ1n) is 9.97. The van der Waals surface area contributed by atoms with E-state index in [0.717, 1.165) is 51.6 Å². The highest BCUT2D eigenvalue weighted by molar-refractivity contribution is 6.30. The van der Waals surface area contributed by atoms with Crippen LogP contribution in [-0.2, 0) is 9.53 Å². The average Bonchev–Trinajstić information content (AvgIpc) is 2.93. The van der Waals surface area contributed by atoms with E-state index in [2.05, 4.69) is 5.32 Å². The van der Waals surface area contributed by atoms with E-state index in [1.807, 2.05) is 4.90 Å². The van der Waals surface area contributed by atoms with E-state index >= 15 is 0 Å². The van der Waals surface area contributed by atoms with Crippen molar-refractivity contribution in [3.8, 4) is 0 Å². The van der Waals surface area contributed by atoms with Crippen LogP contribution in [0.3, 0.4) is 0 Å². The molecular weight excluding hydrogens is 364 g/mol. The topological polar surface area (TPSA) is 58.6 Å². The summed E-state index contributed by atoms with van der Waals surface area (Å²) in [5.41, 5.74) is 0.681. The molecule has 0 bridgehead atoms. The number of benzene rings is 1. The summed E-state index contributed by atoms with van der Waals surface area (Å²) in [6.07, 6.45) is 7.15. The standard InChI is InChI=1S/C21H29ClN2O3/c1-27-21(26)18-5-3-2-4-6-19(18)23-17-11-13-24(14-12-17)20(25)15-7-9-16(22)10-8-15/h7-10,17-19,23H,2-6,11-14H2,1H3/t18-,19+/m1/s1. The summed E-state index contributed by atoms with van der Waals surface area (Å²) in [5.74, 6) is -0.0806. The Hall–Kier alpha value is -1.59. The fourth-order valence-corrected chi connectivity index (χ4v) is 4.39. The van der Waals surface area contributed by atoms with Gasteiger partial charge in [0.2, 0.25) is 0 Å². The van der Waals surface area contributed by atoms with Gasteiger partial charge in [0.05, 0.1) is 13.0 Å². The molecule has 2 fully saturated rings. The Morgan fingerprint density at radius 1 is 1.04 bits per heavy atom.